The minimum atomic E-state index is 0. The maximum absolute atomic E-state index is 12.4. The molecule has 0 aromatic rings. The molecule has 2 N–H and O–H groups in total. The molecule has 3 rings (SSSR count). The molecule has 0 bridgehead atoms. The van der Waals surface area contributed by atoms with Crippen molar-refractivity contribution in [2.45, 2.75) is 58.3 Å². The van der Waals surface area contributed by atoms with Crippen molar-refractivity contribution < 1.29 is 9.59 Å². The molecule has 184 valence electrons. The molecule has 3 fully saturated rings. The van der Waals surface area contributed by atoms with Gasteiger partial charge >= 0.3 is 0 Å². The number of guanidine groups is 1. The van der Waals surface area contributed by atoms with E-state index in [1.54, 1.807) is 0 Å². The number of hydrogen-bond donors (Lipinski definition) is 2. The number of amides is 2. The average Bonchev–Trinajstić information content (AvgIpc) is 2.94. The van der Waals surface area contributed by atoms with Gasteiger partial charge in [-0.2, -0.15) is 0 Å². The van der Waals surface area contributed by atoms with Crippen molar-refractivity contribution >= 4 is 41.8 Å². The molecule has 8 nitrogen and oxygen atoms in total. The van der Waals surface area contributed by atoms with Gasteiger partial charge in [-0.05, 0) is 39.0 Å². The van der Waals surface area contributed by atoms with Crippen LogP contribution in [0.5, 0.6) is 0 Å². The van der Waals surface area contributed by atoms with E-state index >= 15 is 0 Å². The highest BCUT2D eigenvalue weighted by Gasteiger charge is 2.31. The topological polar surface area (TPSA) is 80.3 Å². The minimum Gasteiger partial charge on any atom is -0.357 e. The van der Waals surface area contributed by atoms with Gasteiger partial charge in [-0.3, -0.25) is 19.5 Å². The second-order valence-electron chi connectivity index (χ2n) is 9.03. The number of aliphatic imine (C=N–C) groups is 1. The molecule has 0 spiro atoms. The van der Waals surface area contributed by atoms with Crippen LogP contribution in [0, 0.1) is 5.92 Å². The third kappa shape index (κ3) is 8.68. The molecule has 0 aromatic carbocycles. The van der Waals surface area contributed by atoms with E-state index in [-0.39, 0.29) is 24.0 Å². The smallest absolute Gasteiger partial charge is 0.225 e. The molecule has 3 aliphatic rings. The van der Waals surface area contributed by atoms with Gasteiger partial charge in [0.25, 0.3) is 0 Å². The fraction of sp³-hybridized carbons (Fsp3) is 0.870. The SMILES string of the molecule is CCNC(=NCCCN1CCCCCC1=O)NCCN1CCN(C(=O)C2CCC2)CC1.I. The number of piperazine rings is 1. The molecular formula is C23H43IN6O2. The fourth-order valence-corrected chi connectivity index (χ4v) is 4.51. The Morgan fingerprint density at radius 2 is 1.78 bits per heavy atom. The van der Waals surface area contributed by atoms with Crippen LogP contribution in [0.15, 0.2) is 4.99 Å². The second kappa shape index (κ2) is 14.9. The molecule has 0 radical (unpaired) electrons. The molecule has 0 unspecified atom stereocenters. The number of nitrogens with zero attached hydrogens (tertiary/aromatic N) is 4. The quantitative estimate of drug-likeness (QED) is 0.194. The van der Waals surface area contributed by atoms with E-state index in [1.165, 1.54) is 12.8 Å². The maximum atomic E-state index is 12.4. The summed E-state index contributed by atoms with van der Waals surface area (Å²) in [6, 6.07) is 0. The summed E-state index contributed by atoms with van der Waals surface area (Å²) in [5.74, 6) is 1.85. The molecule has 32 heavy (non-hydrogen) atoms. The number of hydrogen-bond acceptors (Lipinski definition) is 4. The van der Waals surface area contributed by atoms with Crippen LogP contribution in [0.2, 0.25) is 0 Å². The second-order valence-corrected chi connectivity index (χ2v) is 9.03. The van der Waals surface area contributed by atoms with E-state index in [2.05, 4.69) is 32.3 Å². The summed E-state index contributed by atoms with van der Waals surface area (Å²) >= 11 is 0. The summed E-state index contributed by atoms with van der Waals surface area (Å²) in [5.41, 5.74) is 0. The average molecular weight is 563 g/mol. The van der Waals surface area contributed by atoms with E-state index in [4.69, 9.17) is 0 Å². The Balaban J connectivity index is 0.00000363. The Labute approximate surface area is 210 Å². The first kappa shape index (κ1) is 27.1. The van der Waals surface area contributed by atoms with Gasteiger partial charge in [0, 0.05) is 77.8 Å². The maximum Gasteiger partial charge on any atom is 0.225 e. The van der Waals surface area contributed by atoms with Crippen molar-refractivity contribution in [3.8, 4) is 0 Å². The lowest BCUT2D eigenvalue weighted by molar-refractivity contribution is -0.140. The Bertz CT molecular complexity index is 605. The largest absolute Gasteiger partial charge is 0.357 e. The number of likely N-dealkylation sites (tertiary alicyclic amines) is 1. The van der Waals surface area contributed by atoms with Crippen molar-refractivity contribution in [3.63, 3.8) is 0 Å². The monoisotopic (exact) mass is 562 g/mol. The zero-order valence-corrected chi connectivity index (χ0v) is 22.1. The van der Waals surface area contributed by atoms with Gasteiger partial charge in [0.2, 0.25) is 11.8 Å². The number of carbonyl (C=O) groups is 2. The first-order chi connectivity index (χ1) is 15.2. The normalized spacial score (nSPS) is 20.9. The van der Waals surface area contributed by atoms with Crippen LogP contribution < -0.4 is 10.6 Å². The molecular weight excluding hydrogens is 519 g/mol. The molecule has 9 heteroatoms. The van der Waals surface area contributed by atoms with Crippen LogP contribution in [0.1, 0.15) is 58.3 Å². The van der Waals surface area contributed by atoms with Gasteiger partial charge < -0.3 is 20.4 Å². The standard InChI is InChI=1S/C23H42N6O2.HI/c1-2-24-23(25-11-7-14-28-13-5-3-4-10-21(28)30)26-12-15-27-16-18-29(19-17-27)22(31)20-8-6-9-20;/h20H,2-19H2,1H3,(H2,24,25,26);1H. The highest BCUT2D eigenvalue weighted by Crippen LogP contribution is 2.28. The summed E-state index contributed by atoms with van der Waals surface area (Å²) < 4.78 is 0. The van der Waals surface area contributed by atoms with Crippen LogP contribution in [-0.2, 0) is 9.59 Å². The summed E-state index contributed by atoms with van der Waals surface area (Å²) in [6.07, 6.45) is 8.33. The lowest BCUT2D eigenvalue weighted by atomic mass is 9.84. The number of halogens is 1. The molecule has 2 heterocycles. The van der Waals surface area contributed by atoms with Gasteiger partial charge in [0.1, 0.15) is 0 Å². The van der Waals surface area contributed by atoms with E-state index in [0.29, 0.717) is 24.2 Å². The first-order valence-corrected chi connectivity index (χ1v) is 12.5. The summed E-state index contributed by atoms with van der Waals surface area (Å²) in [5, 5.41) is 6.74. The van der Waals surface area contributed by atoms with Gasteiger partial charge in [-0.25, -0.2) is 0 Å². The van der Waals surface area contributed by atoms with Gasteiger partial charge in [0.05, 0.1) is 0 Å². The van der Waals surface area contributed by atoms with Crippen molar-refractivity contribution in [1.29, 1.82) is 0 Å². The van der Waals surface area contributed by atoms with Gasteiger partial charge in [-0.1, -0.05) is 12.8 Å². The zero-order chi connectivity index (χ0) is 21.9. The Kier molecular flexibility index (Phi) is 12.7. The van der Waals surface area contributed by atoms with E-state index in [0.717, 1.165) is 104 Å². The van der Waals surface area contributed by atoms with E-state index in [1.807, 2.05) is 4.90 Å². The summed E-state index contributed by atoms with van der Waals surface area (Å²) in [4.78, 5) is 35.6. The number of carbonyl (C=O) groups excluding carboxylic acids is 2. The van der Waals surface area contributed by atoms with Gasteiger partial charge in [0.15, 0.2) is 5.96 Å². The van der Waals surface area contributed by atoms with Crippen molar-refractivity contribution in [2.75, 3.05) is 65.4 Å². The van der Waals surface area contributed by atoms with Crippen LogP contribution in [0.4, 0.5) is 0 Å². The molecule has 2 aliphatic heterocycles. The number of rotatable bonds is 9. The zero-order valence-electron chi connectivity index (χ0n) is 19.8. The van der Waals surface area contributed by atoms with Crippen molar-refractivity contribution in [3.05, 3.63) is 0 Å². The first-order valence-electron chi connectivity index (χ1n) is 12.5. The van der Waals surface area contributed by atoms with Crippen molar-refractivity contribution in [1.82, 2.24) is 25.3 Å². The third-order valence-corrected chi connectivity index (χ3v) is 6.73. The van der Waals surface area contributed by atoms with E-state index in [9.17, 15) is 9.59 Å². The molecule has 2 saturated heterocycles. The summed E-state index contributed by atoms with van der Waals surface area (Å²) in [7, 11) is 0. The molecule has 0 aromatic heterocycles. The lowest BCUT2D eigenvalue weighted by Crippen LogP contribution is -2.52. The van der Waals surface area contributed by atoms with Crippen LogP contribution in [0.25, 0.3) is 0 Å². The minimum absolute atomic E-state index is 0. The van der Waals surface area contributed by atoms with Crippen LogP contribution in [-0.4, -0.2) is 97.9 Å². The van der Waals surface area contributed by atoms with Crippen LogP contribution >= 0.6 is 24.0 Å². The highest BCUT2D eigenvalue weighted by molar-refractivity contribution is 14.0. The Hall–Kier alpha value is -1.10. The molecule has 1 aliphatic carbocycles. The highest BCUT2D eigenvalue weighted by atomic mass is 127. The molecule has 2 amide bonds. The fourth-order valence-electron chi connectivity index (χ4n) is 4.51. The molecule has 0 atom stereocenters. The van der Waals surface area contributed by atoms with Gasteiger partial charge in [-0.15, -0.1) is 24.0 Å². The van der Waals surface area contributed by atoms with E-state index < -0.39 is 0 Å². The predicted molar refractivity (Wildman–Crippen MR) is 139 cm³/mol. The summed E-state index contributed by atoms with van der Waals surface area (Å²) in [6.45, 7) is 10.8. The lowest BCUT2D eigenvalue weighted by Gasteiger charge is -2.38. The Morgan fingerprint density at radius 1 is 1.00 bits per heavy atom. The molecule has 1 saturated carbocycles. The third-order valence-electron chi connectivity index (χ3n) is 6.73. The van der Waals surface area contributed by atoms with Crippen LogP contribution in [0.3, 0.4) is 0 Å². The number of nitrogens with one attached hydrogen (secondary N) is 2. The predicted octanol–water partition coefficient (Wildman–Crippen LogP) is 1.90. The Morgan fingerprint density at radius 3 is 2.47 bits per heavy atom. The van der Waals surface area contributed by atoms with Crippen molar-refractivity contribution in [2.24, 2.45) is 10.9 Å².